The Hall–Kier alpha value is -2.83. The van der Waals surface area contributed by atoms with Crippen LogP contribution in [0.4, 0.5) is 13.2 Å². The smallest absolute Gasteiger partial charge is 0.382 e. The maximum absolute atomic E-state index is 12.7. The van der Waals surface area contributed by atoms with Gasteiger partial charge in [0.15, 0.2) is 0 Å². The van der Waals surface area contributed by atoms with Crippen LogP contribution in [-0.2, 0) is 22.4 Å². The lowest BCUT2D eigenvalue weighted by Crippen LogP contribution is -2.34. The van der Waals surface area contributed by atoms with Crippen LogP contribution in [0.1, 0.15) is 30.0 Å². The lowest BCUT2D eigenvalue weighted by molar-refractivity contribution is -0.137. The molecule has 0 radical (unpaired) electrons. The Bertz CT molecular complexity index is 746. The molecule has 0 aliphatic heterocycles. The van der Waals surface area contributed by atoms with Crippen LogP contribution in [0, 0.1) is 0 Å². The molecule has 0 fully saturated rings. The molecule has 0 saturated carbocycles. The number of amides is 1. The second-order valence-corrected chi connectivity index (χ2v) is 5.56. The van der Waals surface area contributed by atoms with E-state index in [0.29, 0.717) is 13.0 Å². The summed E-state index contributed by atoms with van der Waals surface area (Å²) in [6.45, 7) is 2.11. The predicted molar refractivity (Wildman–Crippen MR) is 92.5 cm³/mol. The van der Waals surface area contributed by atoms with Crippen molar-refractivity contribution in [1.82, 2.24) is 5.32 Å². The summed E-state index contributed by atoms with van der Waals surface area (Å²) in [5, 5.41) is 6.40. The average molecular weight is 364 g/mol. The summed E-state index contributed by atoms with van der Waals surface area (Å²) in [6, 6.07) is 14.1. The molecular weight excluding hydrogens is 345 g/mol. The van der Waals surface area contributed by atoms with Crippen LogP contribution >= 0.6 is 0 Å². The van der Waals surface area contributed by atoms with Gasteiger partial charge in [-0.3, -0.25) is 4.79 Å². The molecule has 26 heavy (non-hydrogen) atoms. The minimum absolute atomic E-state index is 0.236. The van der Waals surface area contributed by atoms with E-state index in [0.717, 1.165) is 23.9 Å². The fourth-order valence-electron chi connectivity index (χ4n) is 2.17. The third-order valence-electron chi connectivity index (χ3n) is 3.58. The molecule has 0 aliphatic rings. The Morgan fingerprint density at radius 3 is 2.58 bits per heavy atom. The van der Waals surface area contributed by atoms with Crippen molar-refractivity contribution in [1.29, 1.82) is 0 Å². The standard InChI is InChI=1S/C19H19F3N2O2/c1-2-17(18(25)23-12-14-7-4-3-5-8-14)26-24-13-15-9-6-10-16(11-15)19(20,21)22/h3-11,13,17H,2,12H2,1H3,(H,23,25)/b24-13-. The van der Waals surface area contributed by atoms with Crippen LogP contribution in [0.5, 0.6) is 0 Å². The second-order valence-electron chi connectivity index (χ2n) is 5.56. The molecule has 0 aliphatic carbocycles. The molecule has 0 aromatic heterocycles. The molecule has 0 saturated heterocycles. The Kier molecular flexibility index (Phi) is 6.77. The Morgan fingerprint density at radius 1 is 1.19 bits per heavy atom. The van der Waals surface area contributed by atoms with Crippen molar-refractivity contribution in [3.05, 3.63) is 71.3 Å². The Balaban J connectivity index is 1.91. The summed E-state index contributed by atoms with van der Waals surface area (Å²) < 4.78 is 38.0. The van der Waals surface area contributed by atoms with Gasteiger partial charge in [0.25, 0.3) is 5.91 Å². The van der Waals surface area contributed by atoms with Gasteiger partial charge in [-0.2, -0.15) is 13.2 Å². The van der Waals surface area contributed by atoms with E-state index in [2.05, 4.69) is 10.5 Å². The monoisotopic (exact) mass is 364 g/mol. The number of halogens is 3. The van der Waals surface area contributed by atoms with Crippen LogP contribution in [0.2, 0.25) is 0 Å². The molecule has 2 aromatic rings. The van der Waals surface area contributed by atoms with E-state index in [4.69, 9.17) is 4.84 Å². The SMILES string of the molecule is CCC(O/N=C\c1cccc(C(F)(F)F)c1)C(=O)NCc1ccccc1. The summed E-state index contributed by atoms with van der Waals surface area (Å²) in [5.74, 6) is -0.336. The highest BCUT2D eigenvalue weighted by molar-refractivity contribution is 5.81. The third-order valence-corrected chi connectivity index (χ3v) is 3.58. The first-order valence-electron chi connectivity index (χ1n) is 8.08. The molecule has 7 heteroatoms. The minimum Gasteiger partial charge on any atom is -0.382 e. The molecule has 0 heterocycles. The normalized spacial score (nSPS) is 12.8. The minimum atomic E-state index is -4.42. The zero-order chi connectivity index (χ0) is 19.0. The summed E-state index contributed by atoms with van der Waals surface area (Å²) >= 11 is 0. The molecule has 138 valence electrons. The first-order valence-corrected chi connectivity index (χ1v) is 8.08. The Labute approximate surface area is 149 Å². The van der Waals surface area contributed by atoms with Crippen LogP contribution in [0.25, 0.3) is 0 Å². The number of hydrogen-bond acceptors (Lipinski definition) is 3. The van der Waals surface area contributed by atoms with Gasteiger partial charge in [-0.05, 0) is 29.7 Å². The third kappa shape index (κ3) is 5.91. The highest BCUT2D eigenvalue weighted by atomic mass is 19.4. The fourth-order valence-corrected chi connectivity index (χ4v) is 2.17. The average Bonchev–Trinajstić information content (AvgIpc) is 2.64. The molecule has 2 rings (SSSR count). The summed E-state index contributed by atoms with van der Waals surface area (Å²) in [4.78, 5) is 17.3. The summed E-state index contributed by atoms with van der Waals surface area (Å²) in [6.07, 6.45) is -3.71. The molecule has 1 atom stereocenters. The van der Waals surface area contributed by atoms with Gasteiger partial charge in [0, 0.05) is 6.54 Å². The molecule has 4 nitrogen and oxygen atoms in total. The zero-order valence-electron chi connectivity index (χ0n) is 14.2. The van der Waals surface area contributed by atoms with Gasteiger partial charge in [-0.1, -0.05) is 54.5 Å². The van der Waals surface area contributed by atoms with Crippen molar-refractivity contribution in [2.45, 2.75) is 32.2 Å². The van der Waals surface area contributed by atoms with Gasteiger partial charge in [0.1, 0.15) is 0 Å². The second kappa shape index (κ2) is 9.03. The van der Waals surface area contributed by atoms with E-state index in [-0.39, 0.29) is 11.5 Å². The molecule has 0 bridgehead atoms. The zero-order valence-corrected chi connectivity index (χ0v) is 14.2. The number of oxime groups is 1. The largest absolute Gasteiger partial charge is 0.416 e. The van der Waals surface area contributed by atoms with Crippen LogP contribution in [-0.4, -0.2) is 18.2 Å². The van der Waals surface area contributed by atoms with E-state index >= 15 is 0 Å². The maximum atomic E-state index is 12.7. The predicted octanol–water partition coefficient (Wildman–Crippen LogP) is 4.15. The van der Waals surface area contributed by atoms with Gasteiger partial charge in [-0.25, -0.2) is 0 Å². The highest BCUT2D eigenvalue weighted by Crippen LogP contribution is 2.29. The number of hydrogen-bond donors (Lipinski definition) is 1. The number of carbonyl (C=O) groups is 1. The number of benzene rings is 2. The van der Waals surface area contributed by atoms with Crippen LogP contribution in [0.3, 0.4) is 0 Å². The van der Waals surface area contributed by atoms with Gasteiger partial charge in [0.2, 0.25) is 6.10 Å². The van der Waals surface area contributed by atoms with Gasteiger partial charge in [0.05, 0.1) is 11.8 Å². The van der Waals surface area contributed by atoms with Crippen molar-refractivity contribution in [2.75, 3.05) is 0 Å². The highest BCUT2D eigenvalue weighted by Gasteiger charge is 2.30. The number of rotatable bonds is 7. The summed E-state index contributed by atoms with van der Waals surface area (Å²) in [5.41, 5.74) is 0.414. The number of nitrogens with one attached hydrogen (secondary N) is 1. The van der Waals surface area contributed by atoms with E-state index in [1.54, 1.807) is 6.92 Å². The lowest BCUT2D eigenvalue weighted by Gasteiger charge is -2.13. The van der Waals surface area contributed by atoms with Crippen molar-refractivity contribution in [3.8, 4) is 0 Å². The Morgan fingerprint density at radius 2 is 1.92 bits per heavy atom. The van der Waals surface area contributed by atoms with Crippen molar-refractivity contribution in [2.24, 2.45) is 5.16 Å². The molecule has 0 spiro atoms. The molecule has 1 unspecified atom stereocenters. The molecule has 1 N–H and O–H groups in total. The van der Waals surface area contributed by atoms with E-state index in [9.17, 15) is 18.0 Å². The first-order chi connectivity index (χ1) is 12.4. The first kappa shape index (κ1) is 19.5. The quantitative estimate of drug-likeness (QED) is 0.593. The molecule has 2 aromatic carbocycles. The van der Waals surface area contributed by atoms with Crippen LogP contribution in [0.15, 0.2) is 59.8 Å². The topological polar surface area (TPSA) is 50.7 Å². The maximum Gasteiger partial charge on any atom is 0.416 e. The summed E-state index contributed by atoms with van der Waals surface area (Å²) in [7, 11) is 0. The van der Waals surface area contributed by atoms with Crippen molar-refractivity contribution < 1.29 is 22.8 Å². The van der Waals surface area contributed by atoms with E-state index < -0.39 is 17.8 Å². The molecule has 1 amide bonds. The van der Waals surface area contributed by atoms with Crippen molar-refractivity contribution >= 4 is 12.1 Å². The van der Waals surface area contributed by atoms with Gasteiger partial charge < -0.3 is 10.2 Å². The molecular formula is C19H19F3N2O2. The van der Waals surface area contributed by atoms with Gasteiger partial charge >= 0.3 is 6.18 Å². The van der Waals surface area contributed by atoms with Crippen molar-refractivity contribution in [3.63, 3.8) is 0 Å². The van der Waals surface area contributed by atoms with Crippen LogP contribution < -0.4 is 5.32 Å². The van der Waals surface area contributed by atoms with Gasteiger partial charge in [-0.15, -0.1) is 0 Å². The number of nitrogens with zero attached hydrogens (tertiary/aromatic N) is 1. The number of carbonyl (C=O) groups excluding carboxylic acids is 1. The van der Waals surface area contributed by atoms with E-state index in [1.807, 2.05) is 30.3 Å². The number of alkyl halides is 3. The lowest BCUT2D eigenvalue weighted by atomic mass is 10.1. The van der Waals surface area contributed by atoms with E-state index in [1.165, 1.54) is 12.1 Å². The fraction of sp³-hybridized carbons (Fsp3) is 0.263.